The highest BCUT2D eigenvalue weighted by atomic mass is 79.9. The summed E-state index contributed by atoms with van der Waals surface area (Å²) in [5.41, 5.74) is 0.326. The fourth-order valence-corrected chi connectivity index (χ4v) is 3.85. The molecule has 1 atom stereocenters. The molecule has 1 aliphatic rings. The van der Waals surface area contributed by atoms with Gasteiger partial charge in [0, 0.05) is 44.3 Å². The molecule has 8 heteroatoms. The molecule has 1 aliphatic heterocycles. The number of nitrogens with zero attached hydrogens (tertiary/aromatic N) is 3. The van der Waals surface area contributed by atoms with E-state index in [2.05, 4.69) is 21.2 Å². The largest absolute Gasteiger partial charge is 0.357 e. The second-order valence-corrected chi connectivity index (χ2v) is 7.79. The zero-order valence-electron chi connectivity index (χ0n) is 15.4. The van der Waals surface area contributed by atoms with Crippen LogP contribution >= 0.6 is 15.9 Å². The smallest absolute Gasteiger partial charge is 0.332 e. The molecular weight excluding hydrogens is 412 g/mol. The number of rotatable bonds is 4. The first kappa shape index (κ1) is 19.4. The van der Waals surface area contributed by atoms with Gasteiger partial charge >= 0.3 is 5.69 Å². The fraction of sp³-hybridized carbons (Fsp3) is 0.421. The van der Waals surface area contributed by atoms with Crippen molar-refractivity contribution in [2.45, 2.75) is 19.4 Å². The summed E-state index contributed by atoms with van der Waals surface area (Å²) in [6.45, 7) is 1.68. The summed E-state index contributed by atoms with van der Waals surface area (Å²) in [7, 11) is 3.11. The Kier molecular flexibility index (Phi) is 5.84. The minimum Gasteiger partial charge on any atom is -0.357 e. The third-order valence-electron chi connectivity index (χ3n) is 4.97. The van der Waals surface area contributed by atoms with Crippen LogP contribution in [-0.2, 0) is 25.4 Å². The summed E-state index contributed by atoms with van der Waals surface area (Å²) in [5.74, 6) is 0.381. The third-order valence-corrected chi connectivity index (χ3v) is 5.47. The Labute approximate surface area is 165 Å². The maximum atomic E-state index is 12.6. The summed E-state index contributed by atoms with van der Waals surface area (Å²) in [6.07, 6.45) is 1.62. The van der Waals surface area contributed by atoms with E-state index in [0.29, 0.717) is 18.9 Å². The quantitative estimate of drug-likeness (QED) is 0.788. The second-order valence-electron chi connectivity index (χ2n) is 6.87. The normalized spacial score (nSPS) is 17.0. The van der Waals surface area contributed by atoms with Crippen LogP contribution in [0.25, 0.3) is 0 Å². The maximum Gasteiger partial charge on any atom is 0.332 e. The second kappa shape index (κ2) is 8.12. The molecular formula is C19H23BrN4O3. The molecule has 1 saturated heterocycles. The Morgan fingerprint density at radius 3 is 2.74 bits per heavy atom. The van der Waals surface area contributed by atoms with Crippen LogP contribution in [0.15, 0.2) is 44.4 Å². The number of piperidine rings is 1. The molecule has 27 heavy (non-hydrogen) atoms. The lowest BCUT2D eigenvalue weighted by molar-refractivity contribution is -0.125. The first-order valence-corrected chi connectivity index (χ1v) is 9.70. The number of amides is 1. The van der Waals surface area contributed by atoms with E-state index in [1.807, 2.05) is 29.2 Å². The zero-order chi connectivity index (χ0) is 19.6. The van der Waals surface area contributed by atoms with E-state index in [9.17, 15) is 14.4 Å². The minimum atomic E-state index is -0.362. The number of benzene rings is 1. The van der Waals surface area contributed by atoms with Gasteiger partial charge in [-0.3, -0.25) is 18.7 Å². The summed E-state index contributed by atoms with van der Waals surface area (Å²) in [5, 5.41) is 2.99. The Balaban J connectivity index is 1.70. The van der Waals surface area contributed by atoms with Crippen molar-refractivity contribution < 1.29 is 4.79 Å². The van der Waals surface area contributed by atoms with Gasteiger partial charge in [-0.25, -0.2) is 4.79 Å². The van der Waals surface area contributed by atoms with Gasteiger partial charge in [0.25, 0.3) is 5.56 Å². The molecule has 1 aromatic heterocycles. The van der Waals surface area contributed by atoms with Crippen molar-refractivity contribution in [2.75, 3.05) is 18.0 Å². The molecule has 2 aromatic rings. The van der Waals surface area contributed by atoms with Gasteiger partial charge in [0.2, 0.25) is 5.91 Å². The van der Waals surface area contributed by atoms with Crippen molar-refractivity contribution >= 4 is 27.7 Å². The highest BCUT2D eigenvalue weighted by molar-refractivity contribution is 9.10. The Morgan fingerprint density at radius 1 is 1.22 bits per heavy atom. The zero-order valence-corrected chi connectivity index (χ0v) is 17.0. The number of nitrogens with one attached hydrogen (secondary N) is 1. The standard InChI is InChI=1S/C19H23BrN4O3/c1-22-16(10-17(25)23(2)19(22)27)24-8-4-6-14(12-24)18(26)21-11-13-5-3-7-15(20)9-13/h3,5,7,9-10,14H,4,6,8,11-12H2,1-2H3,(H,21,26). The van der Waals surface area contributed by atoms with E-state index in [0.717, 1.165) is 34.0 Å². The predicted molar refractivity (Wildman–Crippen MR) is 108 cm³/mol. The van der Waals surface area contributed by atoms with Crippen LogP contribution in [0.3, 0.4) is 0 Å². The molecule has 7 nitrogen and oxygen atoms in total. The molecule has 1 fully saturated rings. The number of carbonyl (C=O) groups is 1. The van der Waals surface area contributed by atoms with Gasteiger partial charge in [0.1, 0.15) is 5.82 Å². The number of halogens is 1. The van der Waals surface area contributed by atoms with E-state index in [4.69, 9.17) is 0 Å². The summed E-state index contributed by atoms with van der Waals surface area (Å²) < 4.78 is 3.52. The monoisotopic (exact) mass is 434 g/mol. The van der Waals surface area contributed by atoms with Crippen LogP contribution in [0.1, 0.15) is 18.4 Å². The van der Waals surface area contributed by atoms with Crippen LogP contribution in [0.2, 0.25) is 0 Å². The summed E-state index contributed by atoms with van der Waals surface area (Å²) >= 11 is 3.43. The van der Waals surface area contributed by atoms with E-state index >= 15 is 0 Å². The number of hydrogen-bond donors (Lipinski definition) is 1. The van der Waals surface area contributed by atoms with Gasteiger partial charge in [0.15, 0.2) is 0 Å². The number of anilines is 1. The molecule has 3 rings (SSSR count). The maximum absolute atomic E-state index is 12.6. The van der Waals surface area contributed by atoms with Crippen LogP contribution in [-0.4, -0.2) is 28.1 Å². The van der Waals surface area contributed by atoms with Crippen molar-refractivity contribution in [1.82, 2.24) is 14.5 Å². The van der Waals surface area contributed by atoms with Crippen molar-refractivity contribution in [3.63, 3.8) is 0 Å². The first-order chi connectivity index (χ1) is 12.9. The Hall–Kier alpha value is -2.35. The molecule has 0 saturated carbocycles. The molecule has 1 unspecified atom stereocenters. The molecule has 0 radical (unpaired) electrons. The van der Waals surface area contributed by atoms with Crippen LogP contribution in [0, 0.1) is 5.92 Å². The van der Waals surface area contributed by atoms with Crippen molar-refractivity contribution in [3.8, 4) is 0 Å². The first-order valence-electron chi connectivity index (χ1n) is 8.91. The molecule has 1 amide bonds. The molecule has 0 aliphatic carbocycles. The number of aromatic nitrogens is 2. The van der Waals surface area contributed by atoms with Gasteiger partial charge in [-0.15, -0.1) is 0 Å². The molecule has 0 spiro atoms. The van der Waals surface area contributed by atoms with E-state index < -0.39 is 0 Å². The Bertz CT molecular complexity index is 966. The van der Waals surface area contributed by atoms with Crippen molar-refractivity contribution in [2.24, 2.45) is 20.0 Å². The summed E-state index contributed by atoms with van der Waals surface area (Å²) in [6, 6.07) is 9.28. The minimum absolute atomic E-state index is 0.00601. The molecule has 0 bridgehead atoms. The number of hydrogen-bond acceptors (Lipinski definition) is 4. The molecule has 1 aromatic carbocycles. The lowest BCUT2D eigenvalue weighted by atomic mass is 9.97. The lowest BCUT2D eigenvalue weighted by Crippen LogP contribution is -2.46. The fourth-order valence-electron chi connectivity index (χ4n) is 3.40. The van der Waals surface area contributed by atoms with Gasteiger partial charge in [-0.05, 0) is 30.5 Å². The van der Waals surface area contributed by atoms with Gasteiger partial charge in [0.05, 0.1) is 5.92 Å². The molecule has 2 heterocycles. The van der Waals surface area contributed by atoms with E-state index in [-0.39, 0.29) is 23.1 Å². The molecule has 1 N–H and O–H groups in total. The van der Waals surface area contributed by atoms with Crippen molar-refractivity contribution in [3.05, 3.63) is 61.2 Å². The number of carbonyl (C=O) groups excluding carboxylic acids is 1. The SMILES string of the molecule is Cn1c(N2CCCC(C(=O)NCc3cccc(Br)c3)C2)cc(=O)n(C)c1=O. The molecule has 144 valence electrons. The Morgan fingerprint density at radius 2 is 2.00 bits per heavy atom. The van der Waals surface area contributed by atoms with Gasteiger partial charge in [-0.1, -0.05) is 28.1 Å². The van der Waals surface area contributed by atoms with Gasteiger partial charge < -0.3 is 10.2 Å². The lowest BCUT2D eigenvalue weighted by Gasteiger charge is -2.34. The average Bonchev–Trinajstić information content (AvgIpc) is 2.67. The predicted octanol–water partition coefficient (Wildman–Crippen LogP) is 1.38. The highest BCUT2D eigenvalue weighted by Crippen LogP contribution is 2.21. The summed E-state index contributed by atoms with van der Waals surface area (Å²) in [4.78, 5) is 38.7. The van der Waals surface area contributed by atoms with E-state index in [1.165, 1.54) is 17.7 Å². The van der Waals surface area contributed by atoms with Crippen molar-refractivity contribution in [1.29, 1.82) is 0 Å². The highest BCUT2D eigenvalue weighted by Gasteiger charge is 2.27. The van der Waals surface area contributed by atoms with Crippen LogP contribution in [0.5, 0.6) is 0 Å². The van der Waals surface area contributed by atoms with Crippen LogP contribution < -0.4 is 21.5 Å². The van der Waals surface area contributed by atoms with Gasteiger partial charge in [-0.2, -0.15) is 0 Å². The van der Waals surface area contributed by atoms with E-state index in [1.54, 1.807) is 7.05 Å². The topological polar surface area (TPSA) is 76.3 Å². The third kappa shape index (κ3) is 4.32. The van der Waals surface area contributed by atoms with Crippen LogP contribution in [0.4, 0.5) is 5.82 Å². The average molecular weight is 435 g/mol.